The molecule has 0 saturated carbocycles. The number of rotatable bonds is 3. The van der Waals surface area contributed by atoms with Crippen LogP contribution in [0.5, 0.6) is 0 Å². The van der Waals surface area contributed by atoms with Crippen LogP contribution < -0.4 is 0 Å². The molecule has 14 heavy (non-hydrogen) atoms. The van der Waals surface area contributed by atoms with Crippen molar-refractivity contribution < 1.29 is 9.90 Å². The molecule has 1 N–H and O–H groups in total. The van der Waals surface area contributed by atoms with Crippen LogP contribution in [0.1, 0.15) is 39.5 Å². The quantitative estimate of drug-likeness (QED) is 0.746. The Hall–Kier alpha value is -0.570. The molecular weight excluding hydrogens is 178 g/mol. The van der Waals surface area contributed by atoms with E-state index in [1.54, 1.807) is 0 Å². The predicted molar refractivity (Wildman–Crippen MR) is 55.9 cm³/mol. The van der Waals surface area contributed by atoms with Gasteiger partial charge in [-0.05, 0) is 32.1 Å². The van der Waals surface area contributed by atoms with Gasteiger partial charge in [0.25, 0.3) is 0 Å². The number of aliphatic hydroxyl groups is 1. The predicted octanol–water partition coefficient (Wildman–Crippen LogP) is 1.41. The maximum Gasteiger partial charge on any atom is 0.222 e. The van der Waals surface area contributed by atoms with Gasteiger partial charge in [0.15, 0.2) is 0 Å². The number of aliphatic hydroxyl groups excluding tert-OH is 1. The zero-order valence-electron chi connectivity index (χ0n) is 9.20. The summed E-state index contributed by atoms with van der Waals surface area (Å²) in [5.74, 6) is 0.836. The molecule has 0 bridgehead atoms. The molecule has 1 fully saturated rings. The Labute approximate surface area is 86.1 Å². The van der Waals surface area contributed by atoms with Crippen LogP contribution >= 0.6 is 0 Å². The largest absolute Gasteiger partial charge is 0.396 e. The summed E-state index contributed by atoms with van der Waals surface area (Å²) in [6.07, 6.45) is 3.43. The number of carbonyl (C=O) groups is 1. The van der Waals surface area contributed by atoms with Gasteiger partial charge >= 0.3 is 0 Å². The van der Waals surface area contributed by atoms with E-state index in [9.17, 15) is 4.79 Å². The Kier molecular flexibility index (Phi) is 4.39. The summed E-state index contributed by atoms with van der Waals surface area (Å²) >= 11 is 0. The molecule has 0 aromatic rings. The van der Waals surface area contributed by atoms with Crippen LogP contribution in [0.2, 0.25) is 0 Å². The Morgan fingerprint density at radius 2 is 2.14 bits per heavy atom. The minimum Gasteiger partial charge on any atom is -0.396 e. The molecule has 82 valence electrons. The first-order valence-corrected chi connectivity index (χ1v) is 5.55. The van der Waals surface area contributed by atoms with Gasteiger partial charge in [0.2, 0.25) is 5.91 Å². The van der Waals surface area contributed by atoms with Crippen LogP contribution in [0.25, 0.3) is 0 Å². The zero-order valence-corrected chi connectivity index (χ0v) is 9.20. The van der Waals surface area contributed by atoms with E-state index in [0.717, 1.165) is 13.0 Å². The van der Waals surface area contributed by atoms with E-state index in [2.05, 4.69) is 13.8 Å². The third-order valence-corrected chi connectivity index (χ3v) is 2.99. The lowest BCUT2D eigenvalue weighted by molar-refractivity contribution is -0.135. The molecule has 1 aliphatic rings. The molecule has 2 atom stereocenters. The normalized spacial score (nSPS) is 27.8. The summed E-state index contributed by atoms with van der Waals surface area (Å²) in [6.45, 7) is 5.32. The lowest BCUT2D eigenvalue weighted by Crippen LogP contribution is -2.44. The van der Waals surface area contributed by atoms with Gasteiger partial charge in [0.1, 0.15) is 0 Å². The molecule has 1 amide bonds. The lowest BCUT2D eigenvalue weighted by atomic mass is 9.94. The molecule has 0 aromatic heterocycles. The highest BCUT2D eigenvalue weighted by Gasteiger charge is 2.25. The summed E-state index contributed by atoms with van der Waals surface area (Å²) in [7, 11) is 0. The van der Waals surface area contributed by atoms with E-state index in [0.29, 0.717) is 24.8 Å². The van der Waals surface area contributed by atoms with Crippen LogP contribution in [0.3, 0.4) is 0 Å². The Morgan fingerprint density at radius 3 is 2.79 bits per heavy atom. The molecule has 0 aromatic carbocycles. The molecular formula is C11H21NO2. The number of hydrogen-bond acceptors (Lipinski definition) is 2. The Morgan fingerprint density at radius 1 is 1.43 bits per heavy atom. The van der Waals surface area contributed by atoms with Gasteiger partial charge in [-0.25, -0.2) is 0 Å². The van der Waals surface area contributed by atoms with E-state index in [-0.39, 0.29) is 12.5 Å². The molecule has 2 unspecified atom stereocenters. The first kappa shape index (κ1) is 11.5. The van der Waals surface area contributed by atoms with Crippen LogP contribution in [0.15, 0.2) is 0 Å². The van der Waals surface area contributed by atoms with Gasteiger partial charge in [0, 0.05) is 25.6 Å². The van der Waals surface area contributed by atoms with E-state index >= 15 is 0 Å². The molecule has 3 nitrogen and oxygen atoms in total. The maximum absolute atomic E-state index is 11.7. The van der Waals surface area contributed by atoms with E-state index in [1.807, 2.05) is 4.90 Å². The summed E-state index contributed by atoms with van der Waals surface area (Å²) in [6, 6.07) is 0.386. The minimum atomic E-state index is 0.115. The van der Waals surface area contributed by atoms with Crippen LogP contribution in [-0.4, -0.2) is 35.1 Å². The molecule has 1 saturated heterocycles. The summed E-state index contributed by atoms with van der Waals surface area (Å²) in [5, 5.41) is 8.66. The number of hydrogen-bond donors (Lipinski definition) is 1. The Balaban J connectivity index is 2.43. The molecule has 1 rings (SSSR count). The molecule has 0 radical (unpaired) electrons. The van der Waals surface area contributed by atoms with Gasteiger partial charge < -0.3 is 10.0 Å². The SMILES string of the molecule is CC1CCC(C)N(C(=O)CCCO)C1. The lowest BCUT2D eigenvalue weighted by Gasteiger charge is -2.36. The summed E-state index contributed by atoms with van der Waals surface area (Å²) in [5.41, 5.74) is 0. The number of nitrogens with zero attached hydrogens (tertiary/aromatic N) is 1. The third-order valence-electron chi connectivity index (χ3n) is 2.99. The molecule has 3 heteroatoms. The highest BCUT2D eigenvalue weighted by molar-refractivity contribution is 5.76. The van der Waals surface area contributed by atoms with E-state index in [1.165, 1.54) is 6.42 Å². The monoisotopic (exact) mass is 199 g/mol. The van der Waals surface area contributed by atoms with Crippen molar-refractivity contribution in [2.24, 2.45) is 5.92 Å². The first-order chi connectivity index (χ1) is 6.65. The highest BCUT2D eigenvalue weighted by atomic mass is 16.3. The average molecular weight is 199 g/mol. The Bertz CT molecular complexity index is 194. The maximum atomic E-state index is 11.7. The second kappa shape index (κ2) is 5.35. The average Bonchev–Trinajstić information content (AvgIpc) is 2.18. The van der Waals surface area contributed by atoms with Gasteiger partial charge in [-0.15, -0.1) is 0 Å². The molecule has 1 aliphatic heterocycles. The highest BCUT2D eigenvalue weighted by Crippen LogP contribution is 2.22. The second-order valence-electron chi connectivity index (χ2n) is 4.40. The van der Waals surface area contributed by atoms with Crippen molar-refractivity contribution in [1.29, 1.82) is 0 Å². The van der Waals surface area contributed by atoms with Crippen molar-refractivity contribution in [3.63, 3.8) is 0 Å². The fraction of sp³-hybridized carbons (Fsp3) is 0.909. The van der Waals surface area contributed by atoms with Crippen LogP contribution in [0, 0.1) is 5.92 Å². The van der Waals surface area contributed by atoms with Crippen molar-refractivity contribution in [3.05, 3.63) is 0 Å². The number of piperidine rings is 1. The van der Waals surface area contributed by atoms with Gasteiger partial charge in [-0.3, -0.25) is 4.79 Å². The topological polar surface area (TPSA) is 40.5 Å². The van der Waals surface area contributed by atoms with Crippen LogP contribution in [-0.2, 0) is 4.79 Å². The fourth-order valence-corrected chi connectivity index (χ4v) is 2.01. The third kappa shape index (κ3) is 2.98. The number of carbonyl (C=O) groups excluding carboxylic acids is 1. The fourth-order valence-electron chi connectivity index (χ4n) is 2.01. The van der Waals surface area contributed by atoms with E-state index < -0.39 is 0 Å². The van der Waals surface area contributed by atoms with Crippen molar-refractivity contribution >= 4 is 5.91 Å². The van der Waals surface area contributed by atoms with Crippen molar-refractivity contribution in [3.8, 4) is 0 Å². The molecule has 1 heterocycles. The summed E-state index contributed by atoms with van der Waals surface area (Å²) < 4.78 is 0. The van der Waals surface area contributed by atoms with Gasteiger partial charge in [0.05, 0.1) is 0 Å². The van der Waals surface area contributed by atoms with Gasteiger partial charge in [-0.1, -0.05) is 6.92 Å². The van der Waals surface area contributed by atoms with Crippen molar-refractivity contribution in [1.82, 2.24) is 4.90 Å². The van der Waals surface area contributed by atoms with E-state index in [4.69, 9.17) is 5.11 Å². The number of likely N-dealkylation sites (tertiary alicyclic amines) is 1. The molecule has 0 aliphatic carbocycles. The van der Waals surface area contributed by atoms with Crippen molar-refractivity contribution in [2.45, 2.75) is 45.6 Å². The standard InChI is InChI=1S/C11H21NO2/c1-9-5-6-10(2)12(8-9)11(14)4-3-7-13/h9-10,13H,3-8H2,1-2H3. The second-order valence-corrected chi connectivity index (χ2v) is 4.40. The zero-order chi connectivity index (χ0) is 10.6. The van der Waals surface area contributed by atoms with Crippen LogP contribution in [0.4, 0.5) is 0 Å². The molecule has 0 spiro atoms. The summed E-state index contributed by atoms with van der Waals surface area (Å²) in [4.78, 5) is 13.7. The minimum absolute atomic E-state index is 0.115. The van der Waals surface area contributed by atoms with Crippen molar-refractivity contribution in [2.75, 3.05) is 13.2 Å². The van der Waals surface area contributed by atoms with Gasteiger partial charge in [-0.2, -0.15) is 0 Å². The smallest absolute Gasteiger partial charge is 0.222 e. The number of amides is 1. The first-order valence-electron chi connectivity index (χ1n) is 5.55.